The van der Waals surface area contributed by atoms with Gasteiger partial charge < -0.3 is 15.4 Å². The van der Waals surface area contributed by atoms with E-state index in [0.717, 1.165) is 36.1 Å². The van der Waals surface area contributed by atoms with Gasteiger partial charge in [0.15, 0.2) is 0 Å². The summed E-state index contributed by atoms with van der Waals surface area (Å²) in [5.41, 5.74) is 2.51. The van der Waals surface area contributed by atoms with Crippen molar-refractivity contribution in [1.29, 1.82) is 0 Å². The molecule has 1 aromatic heterocycles. The Balaban J connectivity index is 1.47. The zero-order valence-corrected chi connectivity index (χ0v) is 15.3. The molecule has 2 N–H and O–H groups in total. The fourth-order valence-electron chi connectivity index (χ4n) is 2.75. The lowest BCUT2D eigenvalue weighted by Crippen LogP contribution is -2.18. The van der Waals surface area contributed by atoms with E-state index in [1.807, 2.05) is 24.3 Å². The van der Waals surface area contributed by atoms with Crippen LogP contribution in [-0.2, 0) is 6.54 Å². The Morgan fingerprint density at radius 1 is 1.12 bits per heavy atom. The third kappa shape index (κ3) is 4.62. The van der Waals surface area contributed by atoms with Crippen LogP contribution in [0.15, 0.2) is 48.7 Å². The molecule has 0 unspecified atom stereocenters. The summed E-state index contributed by atoms with van der Waals surface area (Å²) in [6.45, 7) is 2.05. The fraction of sp³-hybridized carbons (Fsp3) is 0.250. The summed E-state index contributed by atoms with van der Waals surface area (Å²) in [5, 5.41) is 8.40. The second kappa shape index (κ2) is 8.83. The minimum Gasteiger partial charge on any atom is -0.497 e. The second-order valence-electron chi connectivity index (χ2n) is 5.93. The highest BCUT2D eigenvalue weighted by Crippen LogP contribution is 2.24. The molecule has 0 fully saturated rings. The minimum atomic E-state index is -0.224. The largest absolute Gasteiger partial charge is 0.497 e. The van der Waals surface area contributed by atoms with Crippen molar-refractivity contribution < 1.29 is 9.13 Å². The van der Waals surface area contributed by atoms with E-state index in [-0.39, 0.29) is 5.82 Å². The van der Waals surface area contributed by atoms with Crippen LogP contribution in [0.4, 0.5) is 10.1 Å². The van der Waals surface area contributed by atoms with E-state index in [9.17, 15) is 4.39 Å². The molecule has 0 atom stereocenters. The van der Waals surface area contributed by atoms with Crippen LogP contribution in [0.2, 0.25) is 5.02 Å². The van der Waals surface area contributed by atoms with Gasteiger partial charge in [-0.15, -0.1) is 0 Å². The van der Waals surface area contributed by atoms with E-state index in [1.54, 1.807) is 25.4 Å². The van der Waals surface area contributed by atoms with Crippen molar-refractivity contribution >= 4 is 28.2 Å². The van der Waals surface area contributed by atoms with Crippen LogP contribution in [0, 0.1) is 5.82 Å². The molecule has 0 aliphatic carbocycles. The quantitative estimate of drug-likeness (QED) is 0.565. The standard InChI is InChI=1S/C20H21ClFN3O/c1-26-16-4-6-18(22)14(11-16)13-23-8-2-9-24-19-7-10-25-20-12-15(21)3-5-17(19)20/h3-7,10-12,23H,2,8-9,13H2,1H3,(H,24,25). The molecule has 2 aromatic carbocycles. The summed E-state index contributed by atoms with van der Waals surface area (Å²) in [6, 6.07) is 12.4. The van der Waals surface area contributed by atoms with Crippen LogP contribution >= 0.6 is 11.6 Å². The Hall–Kier alpha value is -2.37. The lowest BCUT2D eigenvalue weighted by Gasteiger charge is -2.11. The Bertz CT molecular complexity index is 888. The fourth-order valence-corrected chi connectivity index (χ4v) is 2.91. The van der Waals surface area contributed by atoms with Crippen molar-refractivity contribution in [3.05, 3.63) is 65.1 Å². The number of aromatic nitrogens is 1. The SMILES string of the molecule is COc1ccc(F)c(CNCCCNc2ccnc3cc(Cl)ccc23)c1. The van der Waals surface area contributed by atoms with Crippen molar-refractivity contribution in [2.24, 2.45) is 0 Å². The van der Waals surface area contributed by atoms with Gasteiger partial charge in [0.05, 0.1) is 12.6 Å². The van der Waals surface area contributed by atoms with Gasteiger partial charge in [-0.2, -0.15) is 0 Å². The van der Waals surface area contributed by atoms with Gasteiger partial charge in [0.2, 0.25) is 0 Å². The number of hydrogen-bond acceptors (Lipinski definition) is 4. The Morgan fingerprint density at radius 3 is 2.85 bits per heavy atom. The number of nitrogens with one attached hydrogen (secondary N) is 2. The number of benzene rings is 2. The van der Waals surface area contributed by atoms with Gasteiger partial charge in [-0.3, -0.25) is 4.98 Å². The summed E-state index contributed by atoms with van der Waals surface area (Å²) in [7, 11) is 1.58. The van der Waals surface area contributed by atoms with Crippen molar-refractivity contribution in [3.8, 4) is 5.75 Å². The third-order valence-electron chi connectivity index (χ3n) is 4.12. The monoisotopic (exact) mass is 373 g/mol. The molecule has 4 nitrogen and oxygen atoms in total. The number of methoxy groups -OCH3 is 1. The molecule has 3 rings (SSSR count). The molecule has 0 saturated heterocycles. The lowest BCUT2D eigenvalue weighted by molar-refractivity contribution is 0.412. The number of nitrogens with zero attached hydrogens (tertiary/aromatic N) is 1. The number of pyridine rings is 1. The van der Waals surface area contributed by atoms with Crippen LogP contribution in [0.5, 0.6) is 5.75 Å². The van der Waals surface area contributed by atoms with Crippen molar-refractivity contribution in [2.75, 3.05) is 25.5 Å². The Kier molecular flexibility index (Phi) is 6.26. The molecule has 0 amide bonds. The maximum atomic E-state index is 13.8. The first kappa shape index (κ1) is 18.4. The molecule has 0 bridgehead atoms. The average Bonchev–Trinajstić information content (AvgIpc) is 2.65. The number of fused-ring (bicyclic) bond motifs is 1. The maximum absolute atomic E-state index is 13.8. The van der Waals surface area contributed by atoms with Gasteiger partial charge in [-0.05, 0) is 55.4 Å². The van der Waals surface area contributed by atoms with Gasteiger partial charge in [0.1, 0.15) is 11.6 Å². The first-order valence-corrected chi connectivity index (χ1v) is 8.86. The van der Waals surface area contributed by atoms with Crippen molar-refractivity contribution in [2.45, 2.75) is 13.0 Å². The molecule has 6 heteroatoms. The normalized spacial score (nSPS) is 10.9. The van der Waals surface area contributed by atoms with Crippen LogP contribution in [0.3, 0.4) is 0 Å². The third-order valence-corrected chi connectivity index (χ3v) is 4.35. The second-order valence-corrected chi connectivity index (χ2v) is 6.37. The first-order valence-electron chi connectivity index (χ1n) is 8.48. The van der Waals surface area contributed by atoms with Gasteiger partial charge in [0, 0.05) is 40.9 Å². The molecule has 0 aliphatic heterocycles. The summed E-state index contributed by atoms with van der Waals surface area (Å²) in [5.74, 6) is 0.438. The van der Waals surface area contributed by atoms with E-state index in [0.29, 0.717) is 22.9 Å². The van der Waals surface area contributed by atoms with E-state index in [2.05, 4.69) is 15.6 Å². The van der Waals surface area contributed by atoms with Crippen LogP contribution in [0.1, 0.15) is 12.0 Å². The summed E-state index contributed by atoms with van der Waals surface area (Å²) >= 11 is 6.01. The summed E-state index contributed by atoms with van der Waals surface area (Å²) in [6.07, 6.45) is 2.67. The van der Waals surface area contributed by atoms with Crippen LogP contribution in [0.25, 0.3) is 10.9 Å². The van der Waals surface area contributed by atoms with Crippen LogP contribution < -0.4 is 15.4 Å². The number of rotatable bonds is 8. The molecule has 0 radical (unpaired) electrons. The number of anilines is 1. The molecule has 1 heterocycles. The molecule has 0 saturated carbocycles. The highest BCUT2D eigenvalue weighted by molar-refractivity contribution is 6.31. The zero-order chi connectivity index (χ0) is 18.4. The highest BCUT2D eigenvalue weighted by Gasteiger charge is 2.04. The Labute approximate surface area is 157 Å². The molecular weight excluding hydrogens is 353 g/mol. The molecular formula is C20H21ClFN3O. The molecule has 136 valence electrons. The predicted octanol–water partition coefficient (Wildman–Crippen LogP) is 4.63. The predicted molar refractivity (Wildman–Crippen MR) is 105 cm³/mol. The molecule has 3 aromatic rings. The smallest absolute Gasteiger partial charge is 0.127 e. The number of halogens is 2. The topological polar surface area (TPSA) is 46.2 Å². The summed E-state index contributed by atoms with van der Waals surface area (Å²) < 4.78 is 18.9. The minimum absolute atomic E-state index is 0.224. The lowest BCUT2D eigenvalue weighted by atomic mass is 10.2. The van der Waals surface area contributed by atoms with Gasteiger partial charge in [-0.1, -0.05) is 11.6 Å². The molecule has 26 heavy (non-hydrogen) atoms. The zero-order valence-electron chi connectivity index (χ0n) is 14.6. The molecule has 0 spiro atoms. The Morgan fingerprint density at radius 2 is 2.00 bits per heavy atom. The van der Waals surface area contributed by atoms with Gasteiger partial charge in [0.25, 0.3) is 0 Å². The van der Waals surface area contributed by atoms with E-state index in [4.69, 9.17) is 16.3 Å². The van der Waals surface area contributed by atoms with Crippen molar-refractivity contribution in [1.82, 2.24) is 10.3 Å². The number of hydrogen-bond donors (Lipinski definition) is 2. The van der Waals surface area contributed by atoms with E-state index in [1.165, 1.54) is 6.07 Å². The van der Waals surface area contributed by atoms with E-state index >= 15 is 0 Å². The molecule has 0 aliphatic rings. The average molecular weight is 374 g/mol. The number of ether oxygens (including phenoxy) is 1. The maximum Gasteiger partial charge on any atom is 0.127 e. The summed E-state index contributed by atoms with van der Waals surface area (Å²) in [4.78, 5) is 4.33. The van der Waals surface area contributed by atoms with Gasteiger partial charge >= 0.3 is 0 Å². The van der Waals surface area contributed by atoms with Crippen LogP contribution in [-0.4, -0.2) is 25.2 Å². The van der Waals surface area contributed by atoms with Crippen molar-refractivity contribution in [3.63, 3.8) is 0 Å². The van der Waals surface area contributed by atoms with Gasteiger partial charge in [-0.25, -0.2) is 4.39 Å². The highest BCUT2D eigenvalue weighted by atomic mass is 35.5. The first-order chi connectivity index (χ1) is 12.7. The van der Waals surface area contributed by atoms with E-state index < -0.39 is 0 Å².